The predicted octanol–water partition coefficient (Wildman–Crippen LogP) is -1.38. The molecule has 72 valence electrons. The molecule has 1 saturated heterocycles. The highest BCUT2D eigenvalue weighted by atomic mass is 32.2. The Morgan fingerprint density at radius 1 is 1.50 bits per heavy atom. The number of piperazine rings is 1. The van der Waals surface area contributed by atoms with E-state index in [2.05, 4.69) is 14.9 Å². The van der Waals surface area contributed by atoms with Crippen LogP contribution in [0.2, 0.25) is 0 Å². The third kappa shape index (κ3) is 4.13. The summed E-state index contributed by atoms with van der Waals surface area (Å²) in [6.45, 7) is 5.50. The van der Waals surface area contributed by atoms with E-state index in [0.29, 0.717) is 6.54 Å². The van der Waals surface area contributed by atoms with Gasteiger partial charge in [-0.1, -0.05) is 0 Å². The molecule has 3 N–H and O–H groups in total. The van der Waals surface area contributed by atoms with E-state index < -0.39 is 11.3 Å². The van der Waals surface area contributed by atoms with Crippen molar-refractivity contribution in [2.24, 2.45) is 0 Å². The monoisotopic (exact) mass is 193 g/mol. The first-order valence-electron chi connectivity index (χ1n) is 4.06. The van der Waals surface area contributed by atoms with E-state index in [-0.39, 0.29) is 0 Å². The second-order valence-corrected chi connectivity index (χ2v) is 3.52. The maximum atomic E-state index is 10.2. The molecule has 1 rings (SSSR count). The zero-order valence-electron chi connectivity index (χ0n) is 6.95. The average molecular weight is 193 g/mol. The number of rotatable bonds is 4. The molecule has 0 saturated carbocycles. The van der Waals surface area contributed by atoms with Gasteiger partial charge in [-0.25, -0.2) is 8.93 Å². The molecule has 12 heavy (non-hydrogen) atoms. The lowest BCUT2D eigenvalue weighted by Gasteiger charge is -2.26. The maximum absolute atomic E-state index is 10.2. The lowest BCUT2D eigenvalue weighted by Crippen LogP contribution is -2.45. The van der Waals surface area contributed by atoms with Crippen molar-refractivity contribution in [1.29, 1.82) is 0 Å². The summed E-state index contributed by atoms with van der Waals surface area (Å²) in [5, 5.41) is 3.24. The minimum absolute atomic E-state index is 0.573. The Kier molecular flexibility index (Phi) is 4.70. The highest BCUT2D eigenvalue weighted by molar-refractivity contribution is 7.77. The summed E-state index contributed by atoms with van der Waals surface area (Å²) in [6, 6.07) is 0. The second-order valence-electron chi connectivity index (χ2n) is 2.74. The van der Waals surface area contributed by atoms with Crippen molar-refractivity contribution in [2.45, 2.75) is 0 Å². The van der Waals surface area contributed by atoms with Crippen LogP contribution in [0.4, 0.5) is 0 Å². The zero-order valence-corrected chi connectivity index (χ0v) is 7.77. The molecule has 0 amide bonds. The minimum Gasteiger partial charge on any atom is -0.314 e. The Bertz CT molecular complexity index is 150. The van der Waals surface area contributed by atoms with Crippen molar-refractivity contribution >= 4 is 11.3 Å². The van der Waals surface area contributed by atoms with Gasteiger partial charge in [-0.2, -0.15) is 0 Å². The van der Waals surface area contributed by atoms with E-state index >= 15 is 0 Å². The molecule has 1 fully saturated rings. The van der Waals surface area contributed by atoms with Gasteiger partial charge in [-0.15, -0.1) is 0 Å². The van der Waals surface area contributed by atoms with E-state index in [4.69, 9.17) is 4.55 Å². The summed E-state index contributed by atoms with van der Waals surface area (Å²) in [7, 11) is 0. The van der Waals surface area contributed by atoms with Crippen LogP contribution in [0.15, 0.2) is 0 Å². The predicted molar refractivity (Wildman–Crippen MR) is 48.1 cm³/mol. The summed E-state index contributed by atoms with van der Waals surface area (Å²) in [5.74, 6) is 0. The molecule has 0 aliphatic carbocycles. The summed E-state index contributed by atoms with van der Waals surface area (Å²) < 4.78 is 21.1. The fourth-order valence-electron chi connectivity index (χ4n) is 1.23. The smallest absolute Gasteiger partial charge is 0.231 e. The van der Waals surface area contributed by atoms with Gasteiger partial charge < -0.3 is 5.32 Å². The molecule has 0 aromatic carbocycles. The molecule has 5 nitrogen and oxygen atoms in total. The topological polar surface area (TPSA) is 64.6 Å². The third-order valence-electron chi connectivity index (χ3n) is 1.86. The van der Waals surface area contributed by atoms with E-state index in [1.54, 1.807) is 0 Å². The average Bonchev–Trinajstić information content (AvgIpc) is 2.05. The number of nitrogens with one attached hydrogen (secondary N) is 2. The SMILES string of the molecule is O=S(O)NCCN1CCNCC1. The standard InChI is InChI=1S/C6H15N3O2S/c10-12(11)8-3-6-9-4-1-7-2-5-9/h7-8H,1-6H2,(H,10,11). The van der Waals surface area contributed by atoms with Gasteiger partial charge in [0.2, 0.25) is 11.3 Å². The van der Waals surface area contributed by atoms with Gasteiger partial charge in [0.25, 0.3) is 0 Å². The normalized spacial score (nSPS) is 22.4. The Labute approximate surface area is 74.9 Å². The van der Waals surface area contributed by atoms with Gasteiger partial charge >= 0.3 is 0 Å². The van der Waals surface area contributed by atoms with Crippen LogP contribution in [0.25, 0.3) is 0 Å². The van der Waals surface area contributed by atoms with Crippen LogP contribution in [0.3, 0.4) is 0 Å². The van der Waals surface area contributed by atoms with Gasteiger partial charge in [0.15, 0.2) is 0 Å². The molecule has 0 aromatic heterocycles. The van der Waals surface area contributed by atoms with E-state index in [1.165, 1.54) is 0 Å². The minimum atomic E-state index is -1.86. The van der Waals surface area contributed by atoms with Gasteiger partial charge in [0.05, 0.1) is 0 Å². The van der Waals surface area contributed by atoms with E-state index in [9.17, 15) is 4.21 Å². The van der Waals surface area contributed by atoms with Gasteiger partial charge in [0, 0.05) is 39.3 Å². The highest BCUT2D eigenvalue weighted by Crippen LogP contribution is 1.89. The lowest BCUT2D eigenvalue weighted by atomic mass is 10.3. The van der Waals surface area contributed by atoms with Crippen molar-refractivity contribution in [3.8, 4) is 0 Å². The van der Waals surface area contributed by atoms with Crippen LogP contribution in [0.1, 0.15) is 0 Å². The first-order chi connectivity index (χ1) is 5.79. The molecule has 0 radical (unpaired) electrons. The largest absolute Gasteiger partial charge is 0.314 e. The number of hydrogen-bond donors (Lipinski definition) is 3. The molecule has 1 atom stereocenters. The summed E-state index contributed by atoms with van der Waals surface area (Å²) in [6.07, 6.45) is 0. The van der Waals surface area contributed by atoms with Crippen LogP contribution in [0.5, 0.6) is 0 Å². The van der Waals surface area contributed by atoms with Crippen molar-refractivity contribution < 1.29 is 8.76 Å². The fourth-order valence-corrected chi connectivity index (χ4v) is 1.49. The first kappa shape index (κ1) is 10.1. The Balaban J connectivity index is 2.01. The van der Waals surface area contributed by atoms with Crippen LogP contribution in [0, 0.1) is 0 Å². The Morgan fingerprint density at radius 2 is 2.17 bits per heavy atom. The molecule has 0 bridgehead atoms. The van der Waals surface area contributed by atoms with Gasteiger partial charge in [-0.3, -0.25) is 9.45 Å². The quantitative estimate of drug-likeness (QED) is 0.481. The number of nitrogens with zero attached hydrogens (tertiary/aromatic N) is 1. The maximum Gasteiger partial charge on any atom is 0.231 e. The van der Waals surface area contributed by atoms with Crippen LogP contribution in [-0.2, 0) is 11.3 Å². The molecule has 6 heteroatoms. The molecule has 1 heterocycles. The Hall–Kier alpha value is -0.0100. The van der Waals surface area contributed by atoms with Crippen molar-refractivity contribution in [1.82, 2.24) is 14.9 Å². The number of hydrogen-bond acceptors (Lipinski definition) is 3. The van der Waals surface area contributed by atoms with Crippen LogP contribution >= 0.6 is 0 Å². The van der Waals surface area contributed by atoms with Gasteiger partial charge in [0.1, 0.15) is 0 Å². The second kappa shape index (κ2) is 5.60. The molecule has 1 aliphatic rings. The molecular weight excluding hydrogens is 178 g/mol. The summed E-state index contributed by atoms with van der Waals surface area (Å²) >= 11 is -1.86. The highest BCUT2D eigenvalue weighted by Gasteiger charge is 2.08. The molecule has 1 aliphatic heterocycles. The van der Waals surface area contributed by atoms with Crippen molar-refractivity contribution in [3.63, 3.8) is 0 Å². The van der Waals surface area contributed by atoms with Crippen molar-refractivity contribution in [3.05, 3.63) is 0 Å². The first-order valence-corrected chi connectivity index (χ1v) is 5.17. The zero-order chi connectivity index (χ0) is 8.81. The third-order valence-corrected chi connectivity index (χ3v) is 2.31. The van der Waals surface area contributed by atoms with E-state index in [1.807, 2.05) is 0 Å². The summed E-state index contributed by atoms with van der Waals surface area (Å²) in [5.41, 5.74) is 0. The Morgan fingerprint density at radius 3 is 2.75 bits per heavy atom. The van der Waals surface area contributed by atoms with Crippen LogP contribution < -0.4 is 10.0 Å². The van der Waals surface area contributed by atoms with Crippen LogP contribution in [-0.4, -0.2) is 52.9 Å². The van der Waals surface area contributed by atoms with Gasteiger partial charge in [-0.05, 0) is 0 Å². The van der Waals surface area contributed by atoms with E-state index in [0.717, 1.165) is 32.7 Å². The lowest BCUT2D eigenvalue weighted by molar-refractivity contribution is 0.245. The molecule has 0 aromatic rings. The molecular formula is C6H15N3O2S. The molecule has 0 spiro atoms. The summed E-state index contributed by atoms with van der Waals surface area (Å²) in [4.78, 5) is 2.26. The van der Waals surface area contributed by atoms with Crippen molar-refractivity contribution in [2.75, 3.05) is 39.3 Å². The fraction of sp³-hybridized carbons (Fsp3) is 1.00. The molecule has 1 unspecified atom stereocenters.